The zero-order valence-corrected chi connectivity index (χ0v) is 16.8. The number of ether oxygens (including phenoxy) is 1. The third-order valence-corrected chi connectivity index (χ3v) is 4.30. The van der Waals surface area contributed by atoms with Crippen molar-refractivity contribution < 1.29 is 18.7 Å². The molecule has 1 amide bonds. The molecule has 142 valence electrons. The molecule has 0 spiro atoms. The van der Waals surface area contributed by atoms with Crippen LogP contribution in [0.2, 0.25) is 0 Å². The third kappa shape index (κ3) is 5.23. The molecule has 0 saturated heterocycles. The number of rotatable bonds is 7. The molecular formula is C20H20BrFN2O3. The normalized spacial score (nSPS) is 10.4. The molecule has 0 atom stereocenters. The van der Waals surface area contributed by atoms with Crippen LogP contribution in [0.25, 0.3) is 0 Å². The predicted octanol–water partition coefficient (Wildman–Crippen LogP) is 4.30. The maximum atomic E-state index is 14.1. The number of nitrogens with zero attached hydrogens (tertiary/aromatic N) is 2. The van der Waals surface area contributed by atoms with E-state index in [0.29, 0.717) is 16.8 Å². The average Bonchev–Trinajstić information content (AvgIpc) is 2.63. The number of aryl methyl sites for hydroxylation is 1. The number of carbonyl (C=O) groups excluding carboxylic acids is 2. The summed E-state index contributed by atoms with van der Waals surface area (Å²) in [6, 6.07) is 7.54. The van der Waals surface area contributed by atoms with Crippen molar-refractivity contribution in [3.05, 3.63) is 75.8 Å². The fourth-order valence-corrected chi connectivity index (χ4v) is 2.92. The molecule has 5 nitrogen and oxygen atoms in total. The van der Waals surface area contributed by atoms with Gasteiger partial charge in [-0.2, -0.15) is 0 Å². The maximum absolute atomic E-state index is 14.1. The van der Waals surface area contributed by atoms with Gasteiger partial charge in [0.1, 0.15) is 11.5 Å². The average molecular weight is 435 g/mol. The zero-order valence-electron chi connectivity index (χ0n) is 15.2. The molecule has 0 bridgehead atoms. The van der Waals surface area contributed by atoms with Gasteiger partial charge in [0, 0.05) is 23.1 Å². The second kappa shape index (κ2) is 9.41. The van der Waals surface area contributed by atoms with Crippen molar-refractivity contribution in [2.75, 3.05) is 13.2 Å². The van der Waals surface area contributed by atoms with E-state index < -0.39 is 11.8 Å². The second-order valence-electron chi connectivity index (χ2n) is 5.76. The Kier molecular flexibility index (Phi) is 7.24. The van der Waals surface area contributed by atoms with Crippen molar-refractivity contribution >= 4 is 27.8 Å². The molecule has 0 unspecified atom stereocenters. The summed E-state index contributed by atoms with van der Waals surface area (Å²) in [6.07, 6.45) is 1.56. The van der Waals surface area contributed by atoms with Crippen molar-refractivity contribution in [1.82, 2.24) is 9.88 Å². The van der Waals surface area contributed by atoms with Crippen LogP contribution < -0.4 is 0 Å². The van der Waals surface area contributed by atoms with Crippen molar-refractivity contribution in [3.8, 4) is 0 Å². The molecule has 0 saturated carbocycles. The molecule has 27 heavy (non-hydrogen) atoms. The van der Waals surface area contributed by atoms with Crippen LogP contribution in [0.4, 0.5) is 4.39 Å². The smallest absolute Gasteiger partial charge is 0.339 e. The van der Waals surface area contributed by atoms with E-state index in [9.17, 15) is 14.0 Å². The summed E-state index contributed by atoms with van der Waals surface area (Å²) in [7, 11) is 0. The van der Waals surface area contributed by atoms with Gasteiger partial charge in [-0.1, -0.05) is 22.0 Å². The number of amides is 1. The van der Waals surface area contributed by atoms with Crippen molar-refractivity contribution in [2.45, 2.75) is 20.4 Å². The first-order valence-electron chi connectivity index (χ1n) is 8.36. The fraction of sp³-hybridized carbons (Fsp3) is 0.250. The lowest BCUT2D eigenvalue weighted by atomic mass is 10.1. The van der Waals surface area contributed by atoms with Crippen LogP contribution in [-0.2, 0) is 11.3 Å². The summed E-state index contributed by atoms with van der Waals surface area (Å²) in [5, 5.41) is 0. The molecule has 0 fully saturated rings. The molecule has 0 radical (unpaired) electrons. The molecule has 0 N–H and O–H groups in total. The minimum Gasteiger partial charge on any atom is -0.462 e. The highest BCUT2D eigenvalue weighted by molar-refractivity contribution is 9.10. The third-order valence-electron chi connectivity index (χ3n) is 3.81. The largest absolute Gasteiger partial charge is 0.462 e. The monoisotopic (exact) mass is 434 g/mol. The van der Waals surface area contributed by atoms with Gasteiger partial charge < -0.3 is 9.64 Å². The molecule has 2 rings (SSSR count). The van der Waals surface area contributed by atoms with Gasteiger partial charge in [0.15, 0.2) is 0 Å². The summed E-state index contributed by atoms with van der Waals surface area (Å²) in [5.74, 6) is -1.27. The number of hydrogen-bond acceptors (Lipinski definition) is 4. The van der Waals surface area contributed by atoms with E-state index in [1.54, 1.807) is 32.1 Å². The standard InChI is InChI=1S/C20H20BrFN2O3/c1-4-10-24(12-14-11-15(21)6-8-17(14)22)19(25)18-9-7-16(13(3)23-18)20(26)27-5-2/h4,6-9,11H,1,5,10,12H2,2-3H3. The summed E-state index contributed by atoms with van der Waals surface area (Å²) < 4.78 is 19.7. The zero-order chi connectivity index (χ0) is 20.0. The fourth-order valence-electron chi connectivity index (χ4n) is 2.51. The van der Waals surface area contributed by atoms with Crippen LogP contribution in [0.3, 0.4) is 0 Å². The maximum Gasteiger partial charge on any atom is 0.339 e. The molecule has 0 aliphatic carbocycles. The lowest BCUT2D eigenvalue weighted by Gasteiger charge is -2.21. The van der Waals surface area contributed by atoms with Crippen LogP contribution in [0, 0.1) is 12.7 Å². The second-order valence-corrected chi connectivity index (χ2v) is 6.68. The highest BCUT2D eigenvalue weighted by Crippen LogP contribution is 2.19. The molecule has 7 heteroatoms. The van der Waals surface area contributed by atoms with Gasteiger partial charge in [-0.25, -0.2) is 14.2 Å². The number of benzene rings is 1. The van der Waals surface area contributed by atoms with Gasteiger partial charge in [-0.3, -0.25) is 4.79 Å². The van der Waals surface area contributed by atoms with Crippen LogP contribution >= 0.6 is 15.9 Å². The number of pyridine rings is 1. The van der Waals surface area contributed by atoms with Crippen LogP contribution in [0.1, 0.15) is 39.0 Å². The van der Waals surface area contributed by atoms with E-state index in [4.69, 9.17) is 4.74 Å². The number of esters is 1. The van der Waals surface area contributed by atoms with Crippen molar-refractivity contribution in [1.29, 1.82) is 0 Å². The Labute approximate surface area is 166 Å². The van der Waals surface area contributed by atoms with Gasteiger partial charge in [0.2, 0.25) is 0 Å². The lowest BCUT2D eigenvalue weighted by molar-refractivity contribution is 0.0524. The molecular weight excluding hydrogens is 415 g/mol. The molecule has 1 aromatic carbocycles. The van der Waals surface area contributed by atoms with Gasteiger partial charge in [0.25, 0.3) is 5.91 Å². The Balaban J connectivity index is 2.28. The van der Waals surface area contributed by atoms with Crippen molar-refractivity contribution in [3.63, 3.8) is 0 Å². The minimum absolute atomic E-state index is 0.0660. The predicted molar refractivity (Wildman–Crippen MR) is 104 cm³/mol. The summed E-state index contributed by atoms with van der Waals surface area (Å²) in [5.41, 5.74) is 1.24. The Morgan fingerprint density at radius 3 is 2.70 bits per heavy atom. The van der Waals surface area contributed by atoms with Gasteiger partial charge in [-0.05, 0) is 44.2 Å². The van der Waals surface area contributed by atoms with E-state index in [1.807, 2.05) is 0 Å². The topological polar surface area (TPSA) is 59.5 Å². The number of carbonyl (C=O) groups is 2. The Morgan fingerprint density at radius 2 is 2.07 bits per heavy atom. The number of aromatic nitrogens is 1. The quantitative estimate of drug-likeness (QED) is 0.481. The molecule has 1 aromatic heterocycles. The van der Waals surface area contributed by atoms with Gasteiger partial charge >= 0.3 is 5.97 Å². The molecule has 1 heterocycles. The van der Waals surface area contributed by atoms with E-state index >= 15 is 0 Å². The van der Waals surface area contributed by atoms with Crippen LogP contribution in [-0.4, -0.2) is 34.9 Å². The first-order valence-corrected chi connectivity index (χ1v) is 9.15. The summed E-state index contributed by atoms with van der Waals surface area (Å²) in [4.78, 5) is 30.4. The van der Waals surface area contributed by atoms with E-state index in [-0.39, 0.29) is 31.3 Å². The number of hydrogen-bond donors (Lipinski definition) is 0. The summed E-state index contributed by atoms with van der Waals surface area (Å²) >= 11 is 3.30. The Morgan fingerprint density at radius 1 is 1.33 bits per heavy atom. The van der Waals surface area contributed by atoms with Crippen LogP contribution in [0.5, 0.6) is 0 Å². The molecule has 0 aliphatic heterocycles. The highest BCUT2D eigenvalue weighted by atomic mass is 79.9. The molecule has 2 aromatic rings. The van der Waals surface area contributed by atoms with E-state index in [2.05, 4.69) is 27.5 Å². The van der Waals surface area contributed by atoms with Gasteiger partial charge in [0.05, 0.1) is 17.9 Å². The first kappa shape index (κ1) is 20.8. The van der Waals surface area contributed by atoms with Gasteiger partial charge in [-0.15, -0.1) is 6.58 Å². The molecule has 0 aliphatic rings. The number of halogens is 2. The lowest BCUT2D eigenvalue weighted by Crippen LogP contribution is -2.32. The van der Waals surface area contributed by atoms with E-state index in [0.717, 1.165) is 4.47 Å². The SMILES string of the molecule is C=CCN(Cc1cc(Br)ccc1F)C(=O)c1ccc(C(=O)OCC)c(C)n1. The van der Waals surface area contributed by atoms with Crippen LogP contribution in [0.15, 0.2) is 47.5 Å². The van der Waals surface area contributed by atoms with Crippen molar-refractivity contribution in [2.24, 2.45) is 0 Å². The first-order chi connectivity index (χ1) is 12.9. The summed E-state index contributed by atoms with van der Waals surface area (Å²) in [6.45, 7) is 7.55. The minimum atomic E-state index is -0.486. The Hall–Kier alpha value is -2.54. The Bertz CT molecular complexity index is 870. The highest BCUT2D eigenvalue weighted by Gasteiger charge is 2.20. The van der Waals surface area contributed by atoms with E-state index in [1.165, 1.54) is 23.1 Å².